The number of azo groups is 1. The molecule has 0 aliphatic rings. The van der Waals surface area contributed by atoms with Gasteiger partial charge in [-0.2, -0.15) is 10.2 Å². The maximum absolute atomic E-state index is 11.0. The largest absolute Gasteiger partial charge is 0.505 e. The molecule has 5 nitrogen and oxygen atoms in total. The van der Waals surface area contributed by atoms with Crippen molar-refractivity contribution in [1.29, 1.82) is 0 Å². The van der Waals surface area contributed by atoms with Gasteiger partial charge in [0.05, 0.1) is 16.4 Å². The molecule has 0 unspecified atom stereocenters. The van der Waals surface area contributed by atoms with Crippen LogP contribution in [0.25, 0.3) is 0 Å². The molecule has 0 radical (unpaired) electrons. The van der Waals surface area contributed by atoms with Crippen LogP contribution >= 0.6 is 23.2 Å². The van der Waals surface area contributed by atoms with Crippen molar-refractivity contribution in [3.63, 3.8) is 0 Å². The second-order valence-electron chi connectivity index (χ2n) is 10.3. The van der Waals surface area contributed by atoms with E-state index in [1.807, 2.05) is 30.3 Å². The fourth-order valence-electron chi connectivity index (χ4n) is 4.64. The van der Waals surface area contributed by atoms with Crippen LogP contribution in [0, 0.1) is 0 Å². The highest BCUT2D eigenvalue weighted by atomic mass is 35.5. The molecule has 0 saturated carbocycles. The lowest BCUT2D eigenvalue weighted by Crippen LogP contribution is -1.95. The van der Waals surface area contributed by atoms with E-state index < -0.39 is 0 Å². The van der Waals surface area contributed by atoms with Crippen LogP contribution in [0.2, 0.25) is 10.0 Å². The predicted octanol–water partition coefficient (Wildman–Crippen LogP) is 12.2. The van der Waals surface area contributed by atoms with Gasteiger partial charge < -0.3 is 14.9 Å². The first-order valence-corrected chi connectivity index (χ1v) is 15.4. The number of rotatable bonds is 18. The number of halogens is 2. The molecular formula is C33H42Cl2N2O3. The number of unbranched alkanes of at least 4 members (excludes halogenated alkanes) is 12. The van der Waals surface area contributed by atoms with E-state index in [2.05, 4.69) is 17.2 Å². The minimum Gasteiger partial charge on any atom is -0.505 e. The highest BCUT2D eigenvalue weighted by Crippen LogP contribution is 2.50. The van der Waals surface area contributed by atoms with Crippen molar-refractivity contribution in [2.24, 2.45) is 10.2 Å². The molecule has 0 heterocycles. The van der Waals surface area contributed by atoms with E-state index in [0.29, 0.717) is 23.4 Å². The Hall–Kier alpha value is -2.76. The summed E-state index contributed by atoms with van der Waals surface area (Å²) < 4.78 is 5.88. The summed E-state index contributed by atoms with van der Waals surface area (Å²) in [6, 6.07) is 16.4. The molecule has 0 fully saturated rings. The molecular weight excluding hydrogens is 543 g/mol. The van der Waals surface area contributed by atoms with Gasteiger partial charge in [-0.1, -0.05) is 125 Å². The van der Waals surface area contributed by atoms with Crippen LogP contribution in [0.1, 0.15) is 96.0 Å². The lowest BCUT2D eigenvalue weighted by atomic mass is 10.0. The Kier molecular flexibility index (Phi) is 14.2. The van der Waals surface area contributed by atoms with Gasteiger partial charge in [0.1, 0.15) is 10.8 Å². The highest BCUT2D eigenvalue weighted by molar-refractivity contribution is 6.39. The normalized spacial score (nSPS) is 11.4. The van der Waals surface area contributed by atoms with Crippen LogP contribution in [0.4, 0.5) is 11.4 Å². The first-order chi connectivity index (χ1) is 19.5. The average Bonchev–Trinajstić information content (AvgIpc) is 2.98. The third-order valence-corrected chi connectivity index (χ3v) is 7.76. The van der Waals surface area contributed by atoms with E-state index in [9.17, 15) is 10.2 Å². The molecule has 7 heteroatoms. The van der Waals surface area contributed by atoms with E-state index in [4.69, 9.17) is 27.9 Å². The third kappa shape index (κ3) is 10.3. The van der Waals surface area contributed by atoms with Crippen LogP contribution in [0.5, 0.6) is 23.0 Å². The van der Waals surface area contributed by atoms with Gasteiger partial charge in [0.15, 0.2) is 17.2 Å². The number of hydrogen-bond acceptors (Lipinski definition) is 5. The number of ether oxygens (including phenoxy) is 1. The molecule has 2 N–H and O–H groups in total. The number of nitrogens with zero attached hydrogens (tertiary/aromatic N) is 2. The average molecular weight is 586 g/mol. The molecule has 0 atom stereocenters. The molecule has 216 valence electrons. The summed E-state index contributed by atoms with van der Waals surface area (Å²) in [6.07, 6.45) is 16.9. The van der Waals surface area contributed by atoms with Gasteiger partial charge in [-0.3, -0.25) is 0 Å². The number of aromatic hydroxyl groups is 2. The van der Waals surface area contributed by atoms with E-state index in [-0.39, 0.29) is 27.3 Å². The Morgan fingerprint density at radius 2 is 1.10 bits per heavy atom. The van der Waals surface area contributed by atoms with Crippen molar-refractivity contribution < 1.29 is 14.9 Å². The summed E-state index contributed by atoms with van der Waals surface area (Å²) in [5.74, 6) is 0.00472. The maximum atomic E-state index is 11.0. The van der Waals surface area contributed by atoms with Crippen LogP contribution in [-0.4, -0.2) is 10.2 Å². The van der Waals surface area contributed by atoms with Crippen molar-refractivity contribution in [2.75, 3.05) is 0 Å². The Morgan fingerprint density at radius 3 is 1.65 bits per heavy atom. The summed E-state index contributed by atoms with van der Waals surface area (Å²) in [5.41, 5.74) is 1.86. The number of benzene rings is 3. The molecule has 0 aliphatic heterocycles. The van der Waals surface area contributed by atoms with Crippen molar-refractivity contribution in [2.45, 2.75) is 96.8 Å². The van der Waals surface area contributed by atoms with Gasteiger partial charge in [-0.05, 0) is 49.2 Å². The minimum atomic E-state index is -0.283. The molecule has 3 rings (SSSR count). The second-order valence-corrected chi connectivity index (χ2v) is 11.0. The predicted molar refractivity (Wildman–Crippen MR) is 166 cm³/mol. The van der Waals surface area contributed by atoms with E-state index in [0.717, 1.165) is 24.9 Å². The van der Waals surface area contributed by atoms with Crippen molar-refractivity contribution in [1.82, 2.24) is 0 Å². The smallest absolute Gasteiger partial charge is 0.191 e. The molecule has 40 heavy (non-hydrogen) atoms. The Labute approximate surface area is 249 Å². The fraction of sp³-hybridized carbons (Fsp3) is 0.455. The molecule has 0 saturated heterocycles. The summed E-state index contributed by atoms with van der Waals surface area (Å²) in [4.78, 5) is 0. The summed E-state index contributed by atoms with van der Waals surface area (Å²) in [6.45, 7) is 2.26. The minimum absolute atomic E-state index is 0.00748. The quantitative estimate of drug-likeness (QED) is 0.0886. The Balaban J connectivity index is 1.47. The maximum Gasteiger partial charge on any atom is 0.191 e. The molecule has 0 spiro atoms. The zero-order valence-electron chi connectivity index (χ0n) is 23.5. The molecule has 3 aromatic rings. The van der Waals surface area contributed by atoms with E-state index >= 15 is 0 Å². The van der Waals surface area contributed by atoms with Crippen LogP contribution < -0.4 is 4.74 Å². The molecule has 3 aromatic carbocycles. The Bertz CT molecular complexity index is 1180. The standard InChI is InChI=1S/C33H42Cl2N2O3/c1-2-3-4-5-6-7-8-9-10-11-12-13-17-20-28-29(34)32(39)30(35)33(31(28)38)40-27-23-21-26(22-24-27)37-36-25-18-15-14-16-19-25/h14-16,18-19,21-24,38-39H,2-13,17,20H2,1H3/b37-36+. The first kappa shape index (κ1) is 31.8. The van der Waals surface area contributed by atoms with Crippen LogP contribution in [-0.2, 0) is 6.42 Å². The molecule has 0 bridgehead atoms. The molecule has 0 aromatic heterocycles. The SMILES string of the molecule is CCCCCCCCCCCCCCCc1c(O)c(Oc2ccc(/N=N/c3ccccc3)cc2)c(Cl)c(O)c1Cl. The van der Waals surface area contributed by atoms with Crippen molar-refractivity contribution >= 4 is 34.6 Å². The number of phenols is 2. The number of phenolic OH excluding ortho intramolecular Hbond substituents is 2. The fourth-order valence-corrected chi connectivity index (χ4v) is 5.19. The Morgan fingerprint density at radius 1 is 0.600 bits per heavy atom. The van der Waals surface area contributed by atoms with Crippen LogP contribution in [0.3, 0.4) is 0 Å². The third-order valence-electron chi connectivity index (χ3n) is 7.01. The van der Waals surface area contributed by atoms with Gasteiger partial charge in [0.2, 0.25) is 0 Å². The highest BCUT2D eigenvalue weighted by Gasteiger charge is 2.23. The topological polar surface area (TPSA) is 74.4 Å². The summed E-state index contributed by atoms with van der Waals surface area (Å²) in [7, 11) is 0. The zero-order chi connectivity index (χ0) is 28.6. The summed E-state index contributed by atoms with van der Waals surface area (Å²) in [5, 5.41) is 29.8. The monoisotopic (exact) mass is 584 g/mol. The lowest BCUT2D eigenvalue weighted by Gasteiger charge is -2.16. The van der Waals surface area contributed by atoms with Gasteiger partial charge in [0.25, 0.3) is 0 Å². The van der Waals surface area contributed by atoms with Crippen LogP contribution in [0.15, 0.2) is 64.8 Å². The van der Waals surface area contributed by atoms with Gasteiger partial charge in [0, 0.05) is 5.56 Å². The zero-order valence-corrected chi connectivity index (χ0v) is 25.1. The van der Waals surface area contributed by atoms with Gasteiger partial charge in [-0.25, -0.2) is 0 Å². The first-order valence-electron chi connectivity index (χ1n) is 14.7. The van der Waals surface area contributed by atoms with Crippen molar-refractivity contribution in [3.05, 3.63) is 70.2 Å². The van der Waals surface area contributed by atoms with Gasteiger partial charge >= 0.3 is 0 Å². The van der Waals surface area contributed by atoms with Gasteiger partial charge in [-0.15, -0.1) is 0 Å². The summed E-state index contributed by atoms with van der Waals surface area (Å²) >= 11 is 12.7. The lowest BCUT2D eigenvalue weighted by molar-refractivity contribution is 0.398. The number of hydrogen-bond donors (Lipinski definition) is 2. The molecule has 0 amide bonds. The second kappa shape index (κ2) is 17.8. The van der Waals surface area contributed by atoms with E-state index in [1.165, 1.54) is 64.2 Å². The molecule has 0 aliphatic carbocycles. The van der Waals surface area contributed by atoms with Crippen molar-refractivity contribution in [3.8, 4) is 23.0 Å². The van der Waals surface area contributed by atoms with E-state index in [1.54, 1.807) is 24.3 Å².